The van der Waals surface area contributed by atoms with Gasteiger partial charge in [0.05, 0.1) is 14.2 Å². The molecule has 0 saturated carbocycles. The number of para-hydroxylation sites is 4. The Labute approximate surface area is 335 Å². The van der Waals surface area contributed by atoms with E-state index >= 15 is 0 Å². The zero-order valence-corrected chi connectivity index (χ0v) is 32.3. The Bertz CT molecular complexity index is 2310. The van der Waals surface area contributed by atoms with Gasteiger partial charge in [0.25, 0.3) is 0 Å². The fourth-order valence-electron chi connectivity index (χ4n) is 8.58. The summed E-state index contributed by atoms with van der Waals surface area (Å²) in [6, 6.07) is 74.1. The highest BCUT2D eigenvalue weighted by Crippen LogP contribution is 2.55. The van der Waals surface area contributed by atoms with E-state index < -0.39 is 5.41 Å². The van der Waals surface area contributed by atoms with Crippen LogP contribution in [0.3, 0.4) is 0 Å². The van der Waals surface area contributed by atoms with Crippen molar-refractivity contribution >= 4 is 34.1 Å². The van der Waals surface area contributed by atoms with E-state index in [9.17, 15) is 0 Å². The van der Waals surface area contributed by atoms with Crippen molar-refractivity contribution < 1.29 is 9.47 Å². The van der Waals surface area contributed by atoms with Crippen molar-refractivity contribution in [2.24, 2.45) is 0 Å². The van der Waals surface area contributed by atoms with E-state index in [0.717, 1.165) is 58.5 Å². The lowest BCUT2D eigenvalue weighted by Crippen LogP contribution is -2.31. The van der Waals surface area contributed by atoms with Crippen LogP contribution in [0.5, 0.6) is 11.5 Å². The second kappa shape index (κ2) is 15.6. The average molecular weight is 741 g/mol. The van der Waals surface area contributed by atoms with Crippen LogP contribution in [0.25, 0.3) is 11.1 Å². The molecule has 8 aromatic carbocycles. The molecule has 0 fully saturated rings. The summed E-state index contributed by atoms with van der Waals surface area (Å²) < 4.78 is 11.2. The second-order valence-corrected chi connectivity index (χ2v) is 14.6. The first-order valence-electron chi connectivity index (χ1n) is 19.5. The van der Waals surface area contributed by atoms with E-state index in [1.165, 1.54) is 33.4 Å². The largest absolute Gasteiger partial charge is 0.497 e. The predicted octanol–water partition coefficient (Wildman–Crippen LogP) is 13.4. The lowest BCUT2D eigenvalue weighted by atomic mass is 9.69. The maximum atomic E-state index is 5.62. The van der Waals surface area contributed by atoms with Gasteiger partial charge in [0.2, 0.25) is 0 Å². The number of ether oxygens (including phenoxy) is 2. The van der Waals surface area contributed by atoms with Crippen LogP contribution < -0.4 is 19.3 Å². The van der Waals surface area contributed by atoms with E-state index in [4.69, 9.17) is 9.47 Å². The molecule has 4 nitrogen and oxygen atoms in total. The lowest BCUT2D eigenvalue weighted by Gasteiger charge is -2.35. The average Bonchev–Trinajstić information content (AvgIpc) is 3.53. The molecule has 0 aromatic heterocycles. The first kappa shape index (κ1) is 35.6. The number of rotatable bonds is 12. The van der Waals surface area contributed by atoms with Gasteiger partial charge in [-0.1, -0.05) is 109 Å². The van der Waals surface area contributed by atoms with Gasteiger partial charge in [-0.15, -0.1) is 0 Å². The topological polar surface area (TPSA) is 24.9 Å². The third-order valence-corrected chi connectivity index (χ3v) is 11.2. The van der Waals surface area contributed by atoms with Crippen LogP contribution in [0.1, 0.15) is 22.3 Å². The molecule has 0 unspecified atom stereocenters. The molecular weight excluding hydrogens is 697 g/mol. The molecule has 0 heterocycles. The Morgan fingerprint density at radius 2 is 0.667 bits per heavy atom. The third-order valence-electron chi connectivity index (χ3n) is 11.2. The number of hydrogen-bond donors (Lipinski definition) is 0. The zero-order chi connectivity index (χ0) is 38.6. The summed E-state index contributed by atoms with van der Waals surface area (Å²) >= 11 is 0. The number of methoxy groups -OCH3 is 2. The molecule has 1 aliphatic carbocycles. The maximum Gasteiger partial charge on any atom is 0.118 e. The molecule has 0 aliphatic heterocycles. The SMILES string of the molecule is COc1ccc(CC2(Cc3ccc(OC)cc3)c3cc(N(c4ccccc4)c4ccccc4)ccc3-c3ccc(N(c4ccccc4)c4ccccc4)cc32)cc1. The van der Waals surface area contributed by atoms with Gasteiger partial charge < -0.3 is 19.3 Å². The van der Waals surface area contributed by atoms with Crippen LogP contribution in [0.4, 0.5) is 34.1 Å². The van der Waals surface area contributed by atoms with Crippen molar-refractivity contribution in [3.05, 3.63) is 229 Å². The molecular formula is C53H44N2O2. The van der Waals surface area contributed by atoms with E-state index in [0.29, 0.717) is 0 Å². The van der Waals surface area contributed by atoms with Crippen molar-refractivity contribution in [3.8, 4) is 22.6 Å². The number of nitrogens with zero attached hydrogens (tertiary/aromatic N) is 2. The fraction of sp³-hybridized carbons (Fsp3) is 0.0943. The monoisotopic (exact) mass is 740 g/mol. The summed E-state index contributed by atoms with van der Waals surface area (Å²) in [6.07, 6.45) is 1.56. The highest BCUT2D eigenvalue weighted by Gasteiger charge is 2.44. The molecule has 0 atom stereocenters. The molecule has 4 heteroatoms. The minimum atomic E-state index is -0.446. The van der Waals surface area contributed by atoms with Gasteiger partial charge in [-0.3, -0.25) is 0 Å². The minimum absolute atomic E-state index is 0.446. The van der Waals surface area contributed by atoms with E-state index in [1.54, 1.807) is 14.2 Å². The maximum absolute atomic E-state index is 5.62. The minimum Gasteiger partial charge on any atom is -0.497 e. The number of fused-ring (bicyclic) bond motifs is 3. The summed E-state index contributed by atoms with van der Waals surface area (Å²) in [5.41, 5.74) is 13.8. The number of hydrogen-bond acceptors (Lipinski definition) is 4. The Morgan fingerprint density at radius 1 is 0.351 bits per heavy atom. The second-order valence-electron chi connectivity index (χ2n) is 14.6. The van der Waals surface area contributed by atoms with Crippen molar-refractivity contribution in [3.63, 3.8) is 0 Å². The summed E-state index contributed by atoms with van der Waals surface area (Å²) in [4.78, 5) is 4.74. The van der Waals surface area contributed by atoms with Gasteiger partial charge >= 0.3 is 0 Å². The van der Waals surface area contributed by atoms with Crippen LogP contribution in [0.2, 0.25) is 0 Å². The van der Waals surface area contributed by atoms with Gasteiger partial charge in [-0.25, -0.2) is 0 Å². The van der Waals surface area contributed by atoms with Crippen LogP contribution in [-0.2, 0) is 18.3 Å². The summed E-state index contributed by atoms with van der Waals surface area (Å²) in [5.74, 6) is 1.70. The molecule has 8 aromatic rings. The lowest BCUT2D eigenvalue weighted by molar-refractivity contribution is 0.414. The first-order valence-corrected chi connectivity index (χ1v) is 19.5. The van der Waals surface area contributed by atoms with E-state index in [-0.39, 0.29) is 0 Å². The molecule has 9 rings (SSSR count). The van der Waals surface area contributed by atoms with Gasteiger partial charge in [0, 0.05) is 39.5 Å². The highest BCUT2D eigenvalue weighted by atomic mass is 16.5. The Hall–Kier alpha value is -7.04. The first-order chi connectivity index (χ1) is 28.1. The molecule has 0 amide bonds. The number of benzene rings is 8. The van der Waals surface area contributed by atoms with Gasteiger partial charge in [0.1, 0.15) is 11.5 Å². The smallest absolute Gasteiger partial charge is 0.118 e. The zero-order valence-electron chi connectivity index (χ0n) is 32.3. The van der Waals surface area contributed by atoms with E-state index in [1.807, 2.05) is 0 Å². The van der Waals surface area contributed by atoms with Crippen LogP contribution >= 0.6 is 0 Å². The summed E-state index contributed by atoms with van der Waals surface area (Å²) in [5, 5.41) is 0. The fourth-order valence-corrected chi connectivity index (χ4v) is 8.58. The van der Waals surface area contributed by atoms with Gasteiger partial charge in [-0.2, -0.15) is 0 Å². The Morgan fingerprint density at radius 3 is 0.965 bits per heavy atom. The molecule has 0 saturated heterocycles. The Balaban J connectivity index is 1.30. The van der Waals surface area contributed by atoms with Crippen LogP contribution in [0.15, 0.2) is 206 Å². The third kappa shape index (κ3) is 6.91. The van der Waals surface area contributed by atoms with Crippen molar-refractivity contribution in [2.75, 3.05) is 24.0 Å². The quantitative estimate of drug-likeness (QED) is 0.125. The standard InChI is InChI=1S/C53H44N2O2/c1-56-47-29-23-39(24-30-47)37-53(38-40-25-31-48(57-2)32-26-40)51-35-45(54(41-15-7-3-8-16-41)42-17-9-4-10-18-42)27-33-49(51)50-34-28-46(36-52(50)53)55(43-19-11-5-12-20-43)44-21-13-6-14-22-44/h3-36H,37-38H2,1-2H3. The molecule has 278 valence electrons. The highest BCUT2D eigenvalue weighted by molar-refractivity contribution is 5.89. The predicted molar refractivity (Wildman–Crippen MR) is 235 cm³/mol. The van der Waals surface area contributed by atoms with Crippen LogP contribution in [-0.4, -0.2) is 14.2 Å². The van der Waals surface area contributed by atoms with Crippen molar-refractivity contribution in [1.82, 2.24) is 0 Å². The molecule has 0 spiro atoms. The Kier molecular flexibility index (Phi) is 9.76. The molecule has 0 bridgehead atoms. The molecule has 57 heavy (non-hydrogen) atoms. The van der Waals surface area contributed by atoms with Crippen LogP contribution in [0, 0.1) is 0 Å². The molecule has 0 N–H and O–H groups in total. The van der Waals surface area contributed by atoms with Crippen molar-refractivity contribution in [2.45, 2.75) is 18.3 Å². The number of anilines is 6. The van der Waals surface area contributed by atoms with Crippen molar-refractivity contribution in [1.29, 1.82) is 0 Å². The summed E-state index contributed by atoms with van der Waals surface area (Å²) in [7, 11) is 3.45. The summed E-state index contributed by atoms with van der Waals surface area (Å²) in [6.45, 7) is 0. The van der Waals surface area contributed by atoms with E-state index in [2.05, 4.69) is 216 Å². The van der Waals surface area contributed by atoms with Gasteiger partial charge in [0.15, 0.2) is 0 Å². The molecule has 0 radical (unpaired) electrons. The molecule has 1 aliphatic rings. The van der Waals surface area contributed by atoms with Gasteiger partial charge in [-0.05, 0) is 143 Å². The normalized spacial score (nSPS) is 12.3.